The Kier molecular flexibility index (Phi) is 4.10. The van der Waals surface area contributed by atoms with Gasteiger partial charge in [0.1, 0.15) is 11.6 Å². The van der Waals surface area contributed by atoms with Gasteiger partial charge in [-0.1, -0.05) is 30.3 Å². The summed E-state index contributed by atoms with van der Waals surface area (Å²) in [4.78, 5) is 19.8. The van der Waals surface area contributed by atoms with Crippen LogP contribution in [0.25, 0.3) is 10.9 Å². The van der Waals surface area contributed by atoms with Gasteiger partial charge in [-0.25, -0.2) is 4.98 Å². The van der Waals surface area contributed by atoms with Crippen LogP contribution < -0.4 is 5.56 Å². The van der Waals surface area contributed by atoms with Crippen LogP contribution in [0.4, 0.5) is 0 Å². The van der Waals surface area contributed by atoms with Crippen molar-refractivity contribution >= 4 is 22.7 Å². The van der Waals surface area contributed by atoms with E-state index in [-0.39, 0.29) is 10.8 Å². The number of nitrogens with zero attached hydrogens (tertiary/aromatic N) is 4. The third-order valence-corrected chi connectivity index (χ3v) is 5.46. The molecule has 1 aliphatic rings. The Balaban J connectivity index is 1.64. The molecule has 124 valence electrons. The van der Waals surface area contributed by atoms with E-state index in [0.717, 1.165) is 35.9 Å². The summed E-state index contributed by atoms with van der Waals surface area (Å²) in [5.74, 6) is 1.75. The normalized spacial score (nSPS) is 15.9. The first-order valence-corrected chi connectivity index (χ1v) is 9.18. The topological polar surface area (TPSA) is 76.5 Å². The highest BCUT2D eigenvalue weighted by Crippen LogP contribution is 2.33. The zero-order chi connectivity index (χ0) is 16.5. The first kappa shape index (κ1) is 15.4. The van der Waals surface area contributed by atoms with Crippen LogP contribution in [0.3, 0.4) is 0 Å². The van der Waals surface area contributed by atoms with Crippen molar-refractivity contribution in [3.63, 3.8) is 0 Å². The first-order chi connectivity index (χ1) is 11.7. The van der Waals surface area contributed by atoms with Crippen LogP contribution in [-0.2, 0) is 13.0 Å². The van der Waals surface area contributed by atoms with Crippen molar-refractivity contribution < 1.29 is 0 Å². The van der Waals surface area contributed by atoms with Crippen molar-refractivity contribution in [3.8, 4) is 0 Å². The molecule has 6 nitrogen and oxygen atoms in total. The van der Waals surface area contributed by atoms with Crippen molar-refractivity contribution in [1.82, 2.24) is 24.7 Å². The number of aromatic nitrogens is 5. The molecule has 7 heteroatoms. The van der Waals surface area contributed by atoms with Crippen molar-refractivity contribution in [2.75, 3.05) is 0 Å². The number of para-hydroxylation sites is 1. The number of rotatable bonds is 3. The summed E-state index contributed by atoms with van der Waals surface area (Å²) in [6, 6.07) is 7.41. The van der Waals surface area contributed by atoms with Gasteiger partial charge in [0, 0.05) is 13.0 Å². The molecule has 0 aliphatic carbocycles. The molecule has 2 aromatic heterocycles. The SMILES string of the molecule is C[C@@H](Sc1nnc2n1CCCCC2)c1nc2ccccc2c(=O)[nH]1. The monoisotopic (exact) mass is 341 g/mol. The smallest absolute Gasteiger partial charge is 0.258 e. The van der Waals surface area contributed by atoms with Crippen LogP contribution in [0, 0.1) is 0 Å². The molecule has 3 aromatic rings. The Morgan fingerprint density at radius 2 is 2.08 bits per heavy atom. The van der Waals surface area contributed by atoms with Gasteiger partial charge in [-0.15, -0.1) is 10.2 Å². The van der Waals surface area contributed by atoms with Crippen LogP contribution in [0.15, 0.2) is 34.2 Å². The number of nitrogens with one attached hydrogen (secondary N) is 1. The van der Waals surface area contributed by atoms with Crippen LogP contribution in [0.1, 0.15) is 43.1 Å². The van der Waals surface area contributed by atoms with Gasteiger partial charge in [-0.3, -0.25) is 4.79 Å². The number of hydrogen-bond donors (Lipinski definition) is 1. The molecule has 1 aliphatic heterocycles. The number of fused-ring (bicyclic) bond motifs is 2. The van der Waals surface area contributed by atoms with E-state index >= 15 is 0 Å². The lowest BCUT2D eigenvalue weighted by Gasteiger charge is -2.12. The minimum atomic E-state index is -0.0943. The van der Waals surface area contributed by atoms with Crippen molar-refractivity contribution in [2.45, 2.75) is 49.6 Å². The molecule has 0 bridgehead atoms. The number of aromatic amines is 1. The van der Waals surface area contributed by atoms with Gasteiger partial charge in [-0.2, -0.15) is 0 Å². The summed E-state index contributed by atoms with van der Waals surface area (Å²) in [6.45, 7) is 3.01. The van der Waals surface area contributed by atoms with E-state index < -0.39 is 0 Å². The predicted molar refractivity (Wildman–Crippen MR) is 94.2 cm³/mol. The van der Waals surface area contributed by atoms with Gasteiger partial charge < -0.3 is 9.55 Å². The van der Waals surface area contributed by atoms with Gasteiger partial charge in [0.05, 0.1) is 16.2 Å². The fraction of sp³-hybridized carbons (Fsp3) is 0.412. The highest BCUT2D eigenvalue weighted by Gasteiger charge is 2.19. The van der Waals surface area contributed by atoms with Gasteiger partial charge in [0.15, 0.2) is 5.16 Å². The van der Waals surface area contributed by atoms with E-state index in [9.17, 15) is 4.79 Å². The Morgan fingerprint density at radius 3 is 3.00 bits per heavy atom. The Labute approximate surface area is 143 Å². The third-order valence-electron chi connectivity index (χ3n) is 4.37. The third kappa shape index (κ3) is 2.84. The van der Waals surface area contributed by atoms with Crippen LogP contribution in [0.5, 0.6) is 0 Å². The average Bonchev–Trinajstić information content (AvgIpc) is 2.81. The Hall–Kier alpha value is -2.15. The standard InChI is InChI=1S/C17H19N5OS/c1-11(15-18-13-8-5-4-7-12(13)16(23)19-15)24-17-21-20-14-9-3-2-6-10-22(14)17/h4-5,7-8,11H,2-3,6,9-10H2,1H3,(H,18,19,23)/t11-/m1/s1. The second kappa shape index (κ2) is 6.39. The van der Waals surface area contributed by atoms with E-state index in [2.05, 4.69) is 24.7 Å². The summed E-state index contributed by atoms with van der Waals surface area (Å²) < 4.78 is 2.22. The maximum absolute atomic E-state index is 12.2. The van der Waals surface area contributed by atoms with Gasteiger partial charge in [0.25, 0.3) is 5.56 Å². The summed E-state index contributed by atoms with van der Waals surface area (Å²) >= 11 is 1.60. The lowest BCUT2D eigenvalue weighted by atomic mass is 10.2. The lowest BCUT2D eigenvalue weighted by molar-refractivity contribution is 0.590. The molecule has 1 aromatic carbocycles. The number of H-pyrrole nitrogens is 1. The van der Waals surface area contributed by atoms with Crippen molar-refractivity contribution in [3.05, 3.63) is 46.3 Å². The number of benzene rings is 1. The summed E-state index contributed by atoms with van der Waals surface area (Å²) in [5.41, 5.74) is 0.631. The maximum Gasteiger partial charge on any atom is 0.258 e. The molecule has 0 unspecified atom stereocenters. The summed E-state index contributed by atoms with van der Waals surface area (Å²) in [6.07, 6.45) is 4.57. The van der Waals surface area contributed by atoms with Gasteiger partial charge in [-0.05, 0) is 31.9 Å². The minimum absolute atomic E-state index is 0.00106. The van der Waals surface area contributed by atoms with E-state index in [1.807, 2.05) is 25.1 Å². The van der Waals surface area contributed by atoms with Crippen LogP contribution >= 0.6 is 11.8 Å². The zero-order valence-corrected chi connectivity index (χ0v) is 14.3. The summed E-state index contributed by atoms with van der Waals surface area (Å²) in [7, 11) is 0. The lowest BCUT2D eigenvalue weighted by Crippen LogP contribution is -2.13. The molecule has 1 N–H and O–H groups in total. The Bertz CT molecular complexity index is 932. The van der Waals surface area contributed by atoms with E-state index in [4.69, 9.17) is 0 Å². The predicted octanol–water partition coefficient (Wildman–Crippen LogP) is 3.09. The van der Waals surface area contributed by atoms with Crippen molar-refractivity contribution in [2.24, 2.45) is 0 Å². The molecule has 1 atom stereocenters. The van der Waals surface area contributed by atoms with E-state index in [1.165, 1.54) is 12.8 Å². The fourth-order valence-corrected chi connectivity index (χ4v) is 4.01. The molecule has 0 fully saturated rings. The quantitative estimate of drug-likeness (QED) is 0.741. The number of thioether (sulfide) groups is 1. The van der Waals surface area contributed by atoms with Crippen LogP contribution in [0.2, 0.25) is 0 Å². The molecular weight excluding hydrogens is 322 g/mol. The molecule has 0 saturated heterocycles. The van der Waals surface area contributed by atoms with E-state index in [0.29, 0.717) is 11.2 Å². The second-order valence-electron chi connectivity index (χ2n) is 6.09. The molecular formula is C17H19N5OS. The minimum Gasteiger partial charge on any atom is -0.309 e. The number of aryl methyl sites for hydroxylation is 1. The fourth-order valence-electron chi connectivity index (χ4n) is 3.06. The molecule has 0 spiro atoms. The maximum atomic E-state index is 12.2. The largest absolute Gasteiger partial charge is 0.309 e. The number of hydrogen-bond acceptors (Lipinski definition) is 5. The first-order valence-electron chi connectivity index (χ1n) is 8.30. The van der Waals surface area contributed by atoms with Crippen LogP contribution in [-0.4, -0.2) is 24.7 Å². The average molecular weight is 341 g/mol. The molecule has 0 saturated carbocycles. The molecule has 0 radical (unpaired) electrons. The highest BCUT2D eigenvalue weighted by molar-refractivity contribution is 7.99. The summed E-state index contributed by atoms with van der Waals surface area (Å²) in [5, 5.41) is 10.2. The molecule has 3 heterocycles. The molecule has 0 amide bonds. The second-order valence-corrected chi connectivity index (χ2v) is 7.40. The van der Waals surface area contributed by atoms with E-state index in [1.54, 1.807) is 17.8 Å². The molecule has 4 rings (SSSR count). The Morgan fingerprint density at radius 1 is 1.21 bits per heavy atom. The highest BCUT2D eigenvalue weighted by atomic mass is 32.2. The van der Waals surface area contributed by atoms with Crippen molar-refractivity contribution in [1.29, 1.82) is 0 Å². The molecule has 24 heavy (non-hydrogen) atoms. The van der Waals surface area contributed by atoms with Gasteiger partial charge in [0.2, 0.25) is 0 Å². The van der Waals surface area contributed by atoms with Gasteiger partial charge >= 0.3 is 0 Å². The zero-order valence-electron chi connectivity index (χ0n) is 13.5.